The fourth-order valence-corrected chi connectivity index (χ4v) is 3.04. The summed E-state index contributed by atoms with van der Waals surface area (Å²) in [6, 6.07) is 8.68. The van der Waals surface area contributed by atoms with Crippen LogP contribution in [0.25, 0.3) is 0 Å². The number of hydrogen-bond donors (Lipinski definition) is 0. The molecule has 0 saturated heterocycles. The zero-order valence-corrected chi connectivity index (χ0v) is 15.5. The predicted molar refractivity (Wildman–Crippen MR) is 93.2 cm³/mol. The van der Waals surface area contributed by atoms with Gasteiger partial charge in [-0.15, -0.1) is 11.3 Å². The van der Waals surface area contributed by atoms with Crippen molar-refractivity contribution < 1.29 is 19.1 Å². The van der Waals surface area contributed by atoms with Crippen LogP contribution in [0, 0.1) is 0 Å². The Kier molecular flexibility index (Phi) is 5.59. The van der Waals surface area contributed by atoms with Gasteiger partial charge in [0.15, 0.2) is 5.60 Å². The third-order valence-corrected chi connectivity index (χ3v) is 4.56. The molecule has 0 radical (unpaired) electrons. The lowest BCUT2D eigenvalue weighted by Crippen LogP contribution is -2.39. The Hall–Kier alpha value is -1.66. The van der Waals surface area contributed by atoms with Crippen molar-refractivity contribution in [2.24, 2.45) is 0 Å². The SMILES string of the molecule is CCOC(=O)C(C)(C)Oc1ccc(C(=O)c2cccs2)cc1Br. The molecular weight excluding hydrogens is 380 g/mol. The van der Waals surface area contributed by atoms with E-state index in [0.29, 0.717) is 27.3 Å². The molecule has 0 aliphatic rings. The van der Waals surface area contributed by atoms with Gasteiger partial charge in [-0.25, -0.2) is 4.79 Å². The number of carbonyl (C=O) groups excluding carboxylic acids is 2. The Bertz CT molecular complexity index is 707. The number of thiophene rings is 1. The molecule has 0 bridgehead atoms. The van der Waals surface area contributed by atoms with E-state index in [4.69, 9.17) is 9.47 Å². The molecule has 2 rings (SSSR count). The summed E-state index contributed by atoms with van der Waals surface area (Å²) >= 11 is 4.79. The van der Waals surface area contributed by atoms with Crippen LogP contribution in [0.3, 0.4) is 0 Å². The molecule has 0 fully saturated rings. The highest BCUT2D eigenvalue weighted by Gasteiger charge is 2.32. The minimum atomic E-state index is -1.11. The lowest BCUT2D eigenvalue weighted by atomic mass is 10.1. The van der Waals surface area contributed by atoms with Crippen LogP contribution in [0.1, 0.15) is 36.0 Å². The number of esters is 1. The molecule has 4 nitrogen and oxygen atoms in total. The van der Waals surface area contributed by atoms with Crippen molar-refractivity contribution in [3.05, 3.63) is 50.6 Å². The Balaban J connectivity index is 2.20. The molecule has 0 N–H and O–H groups in total. The zero-order valence-electron chi connectivity index (χ0n) is 13.1. The first-order chi connectivity index (χ1) is 10.8. The quantitative estimate of drug-likeness (QED) is 0.534. The standard InChI is InChI=1S/C17H17BrO4S/c1-4-21-16(20)17(2,3)22-13-8-7-11(10-12(13)18)15(19)14-6-5-9-23-14/h5-10H,4H2,1-3H3. The molecule has 23 heavy (non-hydrogen) atoms. The van der Waals surface area contributed by atoms with Gasteiger partial charge in [-0.1, -0.05) is 6.07 Å². The number of ketones is 1. The number of carbonyl (C=O) groups is 2. The summed E-state index contributed by atoms with van der Waals surface area (Å²) in [4.78, 5) is 24.9. The molecule has 6 heteroatoms. The van der Waals surface area contributed by atoms with E-state index in [1.54, 1.807) is 45.0 Å². The summed E-state index contributed by atoms with van der Waals surface area (Å²) < 4.78 is 11.3. The van der Waals surface area contributed by atoms with E-state index in [9.17, 15) is 9.59 Å². The van der Waals surface area contributed by atoms with Crippen LogP contribution < -0.4 is 4.74 Å². The molecule has 0 amide bonds. The second kappa shape index (κ2) is 7.27. The third-order valence-electron chi connectivity index (χ3n) is 3.07. The van der Waals surface area contributed by atoms with Crippen molar-refractivity contribution in [3.63, 3.8) is 0 Å². The van der Waals surface area contributed by atoms with Gasteiger partial charge in [-0.05, 0) is 66.3 Å². The highest BCUT2D eigenvalue weighted by Crippen LogP contribution is 2.30. The maximum Gasteiger partial charge on any atom is 0.349 e. The number of rotatable bonds is 6. The van der Waals surface area contributed by atoms with E-state index >= 15 is 0 Å². The molecule has 0 aliphatic carbocycles. The van der Waals surface area contributed by atoms with Gasteiger partial charge >= 0.3 is 5.97 Å². The normalized spacial score (nSPS) is 11.1. The van der Waals surface area contributed by atoms with Crippen molar-refractivity contribution in [2.45, 2.75) is 26.4 Å². The molecule has 0 spiro atoms. The Morgan fingerprint density at radius 3 is 2.57 bits per heavy atom. The minimum absolute atomic E-state index is 0.0445. The van der Waals surface area contributed by atoms with Crippen LogP contribution in [0.2, 0.25) is 0 Å². The van der Waals surface area contributed by atoms with Crippen molar-refractivity contribution in [2.75, 3.05) is 6.61 Å². The highest BCUT2D eigenvalue weighted by molar-refractivity contribution is 9.10. The molecule has 0 aliphatic heterocycles. The van der Waals surface area contributed by atoms with Crippen LogP contribution in [-0.2, 0) is 9.53 Å². The Morgan fingerprint density at radius 2 is 2.00 bits per heavy atom. The molecular formula is C17H17BrO4S. The summed E-state index contributed by atoms with van der Waals surface area (Å²) in [5.41, 5.74) is -0.557. The molecule has 1 aromatic heterocycles. The predicted octanol–water partition coefficient (Wildman–Crippen LogP) is 4.46. The first kappa shape index (κ1) is 17.7. The van der Waals surface area contributed by atoms with Gasteiger partial charge in [-0.2, -0.15) is 0 Å². The van der Waals surface area contributed by atoms with Crippen LogP contribution in [0.4, 0.5) is 0 Å². The smallest absolute Gasteiger partial charge is 0.349 e. The second-order valence-corrected chi connectivity index (χ2v) is 7.09. The summed E-state index contributed by atoms with van der Waals surface area (Å²) in [6.07, 6.45) is 0. The monoisotopic (exact) mass is 396 g/mol. The average molecular weight is 397 g/mol. The fraction of sp³-hybridized carbons (Fsp3) is 0.294. The van der Waals surface area contributed by atoms with Gasteiger partial charge in [0.1, 0.15) is 5.75 Å². The van der Waals surface area contributed by atoms with E-state index in [2.05, 4.69) is 15.9 Å². The summed E-state index contributed by atoms with van der Waals surface area (Å²) in [7, 11) is 0. The third kappa shape index (κ3) is 4.20. The van der Waals surface area contributed by atoms with E-state index in [-0.39, 0.29) is 5.78 Å². The molecule has 0 saturated carbocycles. The second-order valence-electron chi connectivity index (χ2n) is 5.28. The summed E-state index contributed by atoms with van der Waals surface area (Å²) in [5, 5.41) is 1.86. The van der Waals surface area contributed by atoms with Gasteiger partial charge in [0.05, 0.1) is 16.0 Å². The van der Waals surface area contributed by atoms with E-state index in [1.807, 2.05) is 11.4 Å². The molecule has 0 unspecified atom stereocenters. The maximum atomic E-state index is 12.3. The van der Waals surface area contributed by atoms with Crippen LogP contribution in [0.5, 0.6) is 5.75 Å². The van der Waals surface area contributed by atoms with E-state index < -0.39 is 11.6 Å². The Labute approximate surface area is 147 Å². The first-order valence-electron chi connectivity index (χ1n) is 7.09. The van der Waals surface area contributed by atoms with Gasteiger partial charge in [0, 0.05) is 5.56 Å². The molecule has 2 aromatic rings. The van der Waals surface area contributed by atoms with Crippen molar-refractivity contribution >= 4 is 39.0 Å². The van der Waals surface area contributed by atoms with E-state index in [0.717, 1.165) is 0 Å². The summed E-state index contributed by atoms with van der Waals surface area (Å²) in [5.74, 6) is -0.00618. The Morgan fingerprint density at radius 1 is 1.26 bits per heavy atom. The largest absolute Gasteiger partial charge is 0.475 e. The fourth-order valence-electron chi connectivity index (χ4n) is 1.90. The highest BCUT2D eigenvalue weighted by atomic mass is 79.9. The van der Waals surface area contributed by atoms with Crippen LogP contribution >= 0.6 is 27.3 Å². The average Bonchev–Trinajstić information content (AvgIpc) is 3.03. The van der Waals surface area contributed by atoms with E-state index in [1.165, 1.54) is 11.3 Å². The molecule has 122 valence electrons. The lowest BCUT2D eigenvalue weighted by molar-refractivity contribution is -0.158. The minimum Gasteiger partial charge on any atom is -0.475 e. The van der Waals surface area contributed by atoms with Crippen LogP contribution in [-0.4, -0.2) is 24.0 Å². The summed E-state index contributed by atoms with van der Waals surface area (Å²) in [6.45, 7) is 5.32. The first-order valence-corrected chi connectivity index (χ1v) is 8.76. The van der Waals surface area contributed by atoms with Crippen LogP contribution in [0.15, 0.2) is 40.2 Å². The van der Waals surface area contributed by atoms with Gasteiger partial charge in [-0.3, -0.25) is 4.79 Å². The molecule has 1 aromatic carbocycles. The number of benzene rings is 1. The zero-order chi connectivity index (χ0) is 17.0. The van der Waals surface area contributed by atoms with Gasteiger partial charge in [0.25, 0.3) is 0 Å². The number of halogens is 1. The van der Waals surface area contributed by atoms with Gasteiger partial charge < -0.3 is 9.47 Å². The topological polar surface area (TPSA) is 52.6 Å². The molecule has 0 atom stereocenters. The van der Waals surface area contributed by atoms with Crippen molar-refractivity contribution in [1.29, 1.82) is 0 Å². The number of ether oxygens (including phenoxy) is 2. The maximum absolute atomic E-state index is 12.3. The van der Waals surface area contributed by atoms with Crippen molar-refractivity contribution in [1.82, 2.24) is 0 Å². The molecule has 1 heterocycles. The number of hydrogen-bond acceptors (Lipinski definition) is 5. The van der Waals surface area contributed by atoms with Gasteiger partial charge in [0.2, 0.25) is 5.78 Å². The van der Waals surface area contributed by atoms with Crippen molar-refractivity contribution in [3.8, 4) is 5.75 Å². The lowest BCUT2D eigenvalue weighted by Gasteiger charge is -2.24.